The normalized spacial score (nSPS) is 11.1. The first kappa shape index (κ1) is 16.9. The average molecular weight is 333 g/mol. The number of nitriles is 1. The van der Waals surface area contributed by atoms with Crippen LogP contribution in [0, 0.1) is 11.3 Å². The first-order valence-electron chi connectivity index (χ1n) is 5.32. The number of sulfonamides is 1. The largest absolute Gasteiger partial charge is 0.480 e. The van der Waals surface area contributed by atoms with Crippen molar-refractivity contribution in [2.45, 2.75) is 4.90 Å². The van der Waals surface area contributed by atoms with Crippen LogP contribution in [-0.2, 0) is 19.6 Å². The predicted molar refractivity (Wildman–Crippen MR) is 70.2 cm³/mol. The van der Waals surface area contributed by atoms with Crippen LogP contribution in [0.5, 0.6) is 0 Å². The molecule has 1 aromatic rings. The van der Waals surface area contributed by atoms with Crippen molar-refractivity contribution in [3.8, 4) is 6.07 Å². The van der Waals surface area contributed by atoms with E-state index in [-0.39, 0.29) is 14.9 Å². The minimum absolute atomic E-state index is 0.0106. The molecule has 0 aliphatic carbocycles. The summed E-state index contributed by atoms with van der Waals surface area (Å²) < 4.78 is 24.8. The van der Waals surface area contributed by atoms with Gasteiger partial charge in [-0.15, -0.1) is 0 Å². The highest BCUT2D eigenvalue weighted by atomic mass is 35.5. The van der Waals surface area contributed by atoms with E-state index in [9.17, 15) is 18.0 Å². The van der Waals surface area contributed by atoms with Crippen molar-refractivity contribution in [2.24, 2.45) is 0 Å². The monoisotopic (exact) mass is 332 g/mol. The third-order valence-corrected chi connectivity index (χ3v) is 4.57. The average Bonchev–Trinajstić information content (AvgIpc) is 2.37. The Labute approximate surface area is 124 Å². The summed E-state index contributed by atoms with van der Waals surface area (Å²) in [7, 11) is -4.47. The van der Waals surface area contributed by atoms with Crippen molar-refractivity contribution < 1.29 is 28.2 Å². The summed E-state index contributed by atoms with van der Waals surface area (Å²) in [4.78, 5) is 20.9. The summed E-state index contributed by atoms with van der Waals surface area (Å²) in [5.41, 5.74) is -0.0106. The molecule has 112 valence electrons. The van der Waals surface area contributed by atoms with Crippen LogP contribution in [0.4, 0.5) is 0 Å². The molecule has 1 rings (SSSR count). The molecule has 0 bridgehead atoms. The third-order valence-electron chi connectivity index (χ3n) is 2.30. The zero-order valence-corrected chi connectivity index (χ0v) is 11.9. The van der Waals surface area contributed by atoms with Gasteiger partial charge in [-0.1, -0.05) is 11.6 Å². The van der Waals surface area contributed by atoms with Gasteiger partial charge in [-0.2, -0.15) is 9.57 Å². The Morgan fingerprint density at radius 2 is 1.76 bits per heavy atom. The molecular weight excluding hydrogens is 324 g/mol. The van der Waals surface area contributed by atoms with Crippen molar-refractivity contribution in [3.63, 3.8) is 0 Å². The minimum atomic E-state index is -4.47. The quantitative estimate of drug-likeness (QED) is 0.768. The molecule has 2 N–H and O–H groups in total. The molecule has 0 aliphatic rings. The molecule has 0 heterocycles. The van der Waals surface area contributed by atoms with E-state index in [2.05, 4.69) is 0 Å². The fourth-order valence-corrected chi connectivity index (χ4v) is 3.28. The summed E-state index contributed by atoms with van der Waals surface area (Å²) in [6.45, 7) is -2.08. The molecular formula is C11H9ClN2O6S. The molecule has 0 saturated heterocycles. The second-order valence-corrected chi connectivity index (χ2v) is 6.13. The van der Waals surface area contributed by atoms with Gasteiger partial charge in [0, 0.05) is 0 Å². The number of nitrogens with zero attached hydrogens (tertiary/aromatic N) is 2. The topological polar surface area (TPSA) is 136 Å². The third kappa shape index (κ3) is 4.16. The number of rotatable bonds is 6. The summed E-state index contributed by atoms with van der Waals surface area (Å²) in [6, 6.07) is 5.10. The number of carboxylic acids is 2. The first-order chi connectivity index (χ1) is 9.68. The van der Waals surface area contributed by atoms with E-state index in [0.29, 0.717) is 0 Å². The summed E-state index contributed by atoms with van der Waals surface area (Å²) >= 11 is 5.74. The number of hydrogen-bond donors (Lipinski definition) is 2. The zero-order valence-electron chi connectivity index (χ0n) is 10.4. The molecule has 0 amide bonds. The molecule has 10 heteroatoms. The van der Waals surface area contributed by atoms with E-state index in [4.69, 9.17) is 27.1 Å². The molecule has 1 aromatic carbocycles. The maximum Gasteiger partial charge on any atom is 0.318 e. The highest BCUT2D eigenvalue weighted by molar-refractivity contribution is 7.89. The fraction of sp³-hybridized carbons (Fsp3) is 0.182. The predicted octanol–water partition coefficient (Wildman–Crippen LogP) is 0.372. The Balaban J connectivity index is 3.38. The Morgan fingerprint density at radius 3 is 2.19 bits per heavy atom. The second-order valence-electron chi connectivity index (χ2n) is 3.82. The number of aliphatic carboxylic acids is 2. The van der Waals surface area contributed by atoms with E-state index < -0.39 is 39.9 Å². The van der Waals surface area contributed by atoms with Gasteiger partial charge in [0.05, 0.1) is 16.7 Å². The summed E-state index contributed by atoms with van der Waals surface area (Å²) in [6.07, 6.45) is 0. The van der Waals surface area contributed by atoms with Gasteiger partial charge in [-0.25, -0.2) is 8.42 Å². The van der Waals surface area contributed by atoms with Crippen LogP contribution in [-0.4, -0.2) is 48.0 Å². The molecule has 0 atom stereocenters. The van der Waals surface area contributed by atoms with Gasteiger partial charge in [-0.3, -0.25) is 9.59 Å². The number of benzene rings is 1. The maximum atomic E-state index is 12.3. The molecule has 0 unspecified atom stereocenters. The lowest BCUT2D eigenvalue weighted by atomic mass is 10.2. The number of carbonyl (C=O) groups is 2. The molecule has 8 nitrogen and oxygen atoms in total. The van der Waals surface area contributed by atoms with Gasteiger partial charge >= 0.3 is 11.9 Å². The van der Waals surface area contributed by atoms with Gasteiger partial charge in [0.15, 0.2) is 0 Å². The lowest BCUT2D eigenvalue weighted by Crippen LogP contribution is -2.39. The van der Waals surface area contributed by atoms with E-state index >= 15 is 0 Å². The van der Waals surface area contributed by atoms with Crippen LogP contribution in [0.1, 0.15) is 5.56 Å². The number of hydrogen-bond acceptors (Lipinski definition) is 5. The number of halogens is 1. The maximum absolute atomic E-state index is 12.3. The van der Waals surface area contributed by atoms with Crippen molar-refractivity contribution in [2.75, 3.05) is 13.1 Å². The van der Waals surface area contributed by atoms with E-state index in [1.165, 1.54) is 6.07 Å². The van der Waals surface area contributed by atoms with Crippen molar-refractivity contribution >= 4 is 33.6 Å². The lowest BCUT2D eigenvalue weighted by Gasteiger charge is -2.19. The number of carboxylic acid groups (broad SMARTS) is 2. The fourth-order valence-electron chi connectivity index (χ4n) is 1.44. The smallest absolute Gasteiger partial charge is 0.318 e. The van der Waals surface area contributed by atoms with Crippen LogP contribution in [0.3, 0.4) is 0 Å². The van der Waals surface area contributed by atoms with Crippen LogP contribution < -0.4 is 0 Å². The SMILES string of the molecule is N#Cc1ccc(Cl)c(S(=O)(=O)N(CC(=O)O)CC(=O)O)c1. The standard InChI is InChI=1S/C11H9ClN2O6S/c12-8-2-1-7(4-13)3-9(8)21(19,20)14(5-10(15)16)6-11(17)18/h1-3H,5-6H2,(H,15,16)(H,17,18). The molecule has 0 aliphatic heterocycles. The van der Waals surface area contributed by atoms with Crippen LogP contribution in [0.25, 0.3) is 0 Å². The van der Waals surface area contributed by atoms with Gasteiger partial charge in [0.1, 0.15) is 18.0 Å². The molecule has 0 saturated carbocycles. The van der Waals surface area contributed by atoms with Crippen LogP contribution in [0.15, 0.2) is 23.1 Å². The Kier molecular flexibility index (Phi) is 5.26. The van der Waals surface area contributed by atoms with Gasteiger partial charge in [-0.05, 0) is 18.2 Å². The molecule has 0 radical (unpaired) electrons. The van der Waals surface area contributed by atoms with E-state index in [1.54, 1.807) is 6.07 Å². The van der Waals surface area contributed by atoms with Crippen molar-refractivity contribution in [1.29, 1.82) is 5.26 Å². The highest BCUT2D eigenvalue weighted by Crippen LogP contribution is 2.25. The van der Waals surface area contributed by atoms with Crippen molar-refractivity contribution in [3.05, 3.63) is 28.8 Å². The highest BCUT2D eigenvalue weighted by Gasteiger charge is 2.30. The van der Waals surface area contributed by atoms with Gasteiger partial charge in [0.2, 0.25) is 10.0 Å². The summed E-state index contributed by atoms with van der Waals surface area (Å²) in [5, 5.41) is 25.9. The minimum Gasteiger partial charge on any atom is -0.480 e. The molecule has 0 fully saturated rings. The Morgan fingerprint density at radius 1 is 1.24 bits per heavy atom. The Hall–Kier alpha value is -2.15. The molecule has 0 spiro atoms. The van der Waals surface area contributed by atoms with Gasteiger partial charge < -0.3 is 10.2 Å². The van der Waals surface area contributed by atoms with E-state index in [0.717, 1.165) is 12.1 Å². The van der Waals surface area contributed by atoms with E-state index in [1.807, 2.05) is 0 Å². The van der Waals surface area contributed by atoms with Crippen LogP contribution in [0.2, 0.25) is 5.02 Å². The van der Waals surface area contributed by atoms with Crippen LogP contribution >= 0.6 is 11.6 Å². The molecule has 0 aromatic heterocycles. The second kappa shape index (κ2) is 6.53. The molecule has 21 heavy (non-hydrogen) atoms. The summed E-state index contributed by atoms with van der Waals surface area (Å²) in [5.74, 6) is -3.04. The first-order valence-corrected chi connectivity index (χ1v) is 7.13. The Bertz CT molecular complexity index is 709. The lowest BCUT2D eigenvalue weighted by molar-refractivity contribution is -0.139. The van der Waals surface area contributed by atoms with Gasteiger partial charge in [0.25, 0.3) is 0 Å². The zero-order chi connectivity index (χ0) is 16.2. The van der Waals surface area contributed by atoms with Crippen molar-refractivity contribution in [1.82, 2.24) is 4.31 Å².